The summed E-state index contributed by atoms with van der Waals surface area (Å²) in [4.78, 5) is 12.4. The first-order valence-electron chi connectivity index (χ1n) is 4.78. The molecule has 76 valence electrons. The average Bonchev–Trinajstić information content (AvgIpc) is 2.87. The second kappa shape index (κ2) is 4.45. The summed E-state index contributed by atoms with van der Waals surface area (Å²) in [7, 11) is 0. The highest BCUT2D eigenvalue weighted by Gasteiger charge is 2.21. The van der Waals surface area contributed by atoms with Crippen LogP contribution in [-0.2, 0) is 0 Å². The van der Waals surface area contributed by atoms with Gasteiger partial charge in [-0.15, -0.1) is 11.3 Å². The summed E-state index contributed by atoms with van der Waals surface area (Å²) < 4.78 is 0.895. The Morgan fingerprint density at radius 3 is 3.00 bits per heavy atom. The maximum absolute atomic E-state index is 11.6. The molecule has 1 fully saturated rings. The van der Waals surface area contributed by atoms with Crippen molar-refractivity contribution in [1.82, 2.24) is 5.32 Å². The van der Waals surface area contributed by atoms with Gasteiger partial charge in [0.15, 0.2) is 0 Å². The van der Waals surface area contributed by atoms with Gasteiger partial charge >= 0.3 is 0 Å². The van der Waals surface area contributed by atoms with Gasteiger partial charge < -0.3 is 5.32 Å². The third-order valence-corrected chi connectivity index (χ3v) is 4.19. The quantitative estimate of drug-likeness (QED) is 0.898. The Labute approximate surface area is 95.8 Å². The summed E-state index contributed by atoms with van der Waals surface area (Å²) in [5, 5.41) is 4.86. The number of thiophene rings is 1. The number of carbonyl (C=O) groups excluding carboxylic acids is 1. The van der Waals surface area contributed by atoms with Crippen LogP contribution in [0.4, 0.5) is 0 Å². The van der Waals surface area contributed by atoms with Crippen LogP contribution in [0.25, 0.3) is 0 Å². The molecule has 1 amide bonds. The van der Waals surface area contributed by atoms with Crippen LogP contribution < -0.4 is 5.32 Å². The third kappa shape index (κ3) is 2.58. The van der Waals surface area contributed by atoms with Crippen molar-refractivity contribution in [3.8, 4) is 0 Å². The molecule has 1 aliphatic carbocycles. The first-order chi connectivity index (χ1) is 6.77. The highest BCUT2D eigenvalue weighted by atomic mass is 79.9. The van der Waals surface area contributed by atoms with E-state index in [1.165, 1.54) is 24.2 Å². The van der Waals surface area contributed by atoms with Gasteiger partial charge in [-0.25, -0.2) is 0 Å². The van der Waals surface area contributed by atoms with Crippen LogP contribution in [0.1, 0.15) is 28.9 Å². The van der Waals surface area contributed by atoms with Crippen LogP contribution in [0.5, 0.6) is 0 Å². The van der Waals surface area contributed by atoms with Crippen molar-refractivity contribution in [2.45, 2.75) is 19.3 Å². The van der Waals surface area contributed by atoms with E-state index in [1.54, 1.807) is 0 Å². The molecule has 4 heteroatoms. The molecule has 2 nitrogen and oxygen atoms in total. The number of amides is 1. The second-order valence-corrected chi connectivity index (χ2v) is 5.36. The Morgan fingerprint density at radius 1 is 1.64 bits per heavy atom. The maximum Gasteiger partial charge on any atom is 0.262 e. The highest BCUT2D eigenvalue weighted by molar-refractivity contribution is 9.10. The topological polar surface area (TPSA) is 29.1 Å². The van der Waals surface area contributed by atoms with Crippen molar-refractivity contribution in [3.63, 3.8) is 0 Å². The van der Waals surface area contributed by atoms with Crippen LogP contribution in [-0.4, -0.2) is 12.5 Å². The van der Waals surface area contributed by atoms with E-state index in [1.807, 2.05) is 11.4 Å². The van der Waals surface area contributed by atoms with Crippen LogP contribution in [0, 0.1) is 5.92 Å². The molecule has 1 aromatic heterocycles. The molecule has 1 aliphatic rings. The molecule has 0 atom stereocenters. The zero-order valence-corrected chi connectivity index (χ0v) is 10.2. The summed E-state index contributed by atoms with van der Waals surface area (Å²) in [5.41, 5.74) is 0. The van der Waals surface area contributed by atoms with E-state index >= 15 is 0 Å². The van der Waals surface area contributed by atoms with Crippen molar-refractivity contribution in [2.24, 2.45) is 5.92 Å². The standard InChI is InChI=1S/C10H12BrNOS/c11-8-4-6-14-9(8)10(13)12-5-3-7-1-2-7/h4,6-7H,1-3,5H2,(H,12,13). The summed E-state index contributed by atoms with van der Waals surface area (Å²) in [6.45, 7) is 0.813. The largest absolute Gasteiger partial charge is 0.351 e. The fourth-order valence-corrected chi connectivity index (χ4v) is 2.80. The molecule has 1 aromatic rings. The molecule has 0 radical (unpaired) electrons. The monoisotopic (exact) mass is 273 g/mol. The molecule has 1 heterocycles. The summed E-state index contributed by atoms with van der Waals surface area (Å²) in [5.74, 6) is 0.926. The van der Waals surface area contributed by atoms with E-state index in [2.05, 4.69) is 21.2 Å². The van der Waals surface area contributed by atoms with Crippen LogP contribution >= 0.6 is 27.3 Å². The predicted molar refractivity (Wildman–Crippen MR) is 61.7 cm³/mol. The van der Waals surface area contributed by atoms with Gasteiger partial charge in [0.25, 0.3) is 5.91 Å². The molecular formula is C10H12BrNOS. The fourth-order valence-electron chi connectivity index (χ4n) is 1.33. The molecule has 0 bridgehead atoms. The van der Waals surface area contributed by atoms with E-state index in [0.717, 1.165) is 28.2 Å². The highest BCUT2D eigenvalue weighted by Crippen LogP contribution is 2.31. The first kappa shape index (κ1) is 10.2. The normalized spacial score (nSPS) is 15.5. The van der Waals surface area contributed by atoms with E-state index < -0.39 is 0 Å². The van der Waals surface area contributed by atoms with Gasteiger partial charge in [0.1, 0.15) is 4.88 Å². The minimum atomic E-state index is 0.0486. The van der Waals surface area contributed by atoms with E-state index in [4.69, 9.17) is 0 Å². The van der Waals surface area contributed by atoms with Gasteiger partial charge in [0, 0.05) is 11.0 Å². The SMILES string of the molecule is O=C(NCCC1CC1)c1sccc1Br. The molecule has 14 heavy (non-hydrogen) atoms. The van der Waals surface area contributed by atoms with E-state index in [0.29, 0.717) is 0 Å². The van der Waals surface area contributed by atoms with Gasteiger partial charge in [-0.2, -0.15) is 0 Å². The van der Waals surface area contributed by atoms with Gasteiger partial charge in [0.05, 0.1) is 0 Å². The number of hydrogen-bond donors (Lipinski definition) is 1. The van der Waals surface area contributed by atoms with Gasteiger partial charge in [-0.05, 0) is 39.7 Å². The molecule has 1 N–H and O–H groups in total. The van der Waals surface area contributed by atoms with Crippen LogP contribution in [0.3, 0.4) is 0 Å². The lowest BCUT2D eigenvalue weighted by Crippen LogP contribution is -2.24. The van der Waals surface area contributed by atoms with Crippen molar-refractivity contribution >= 4 is 33.2 Å². The lowest BCUT2D eigenvalue weighted by molar-refractivity contribution is 0.0956. The average molecular weight is 274 g/mol. The maximum atomic E-state index is 11.6. The minimum absolute atomic E-state index is 0.0486. The fraction of sp³-hybridized carbons (Fsp3) is 0.500. The lowest BCUT2D eigenvalue weighted by Gasteiger charge is -2.02. The van der Waals surface area contributed by atoms with Gasteiger partial charge in [0.2, 0.25) is 0 Å². The minimum Gasteiger partial charge on any atom is -0.351 e. The zero-order chi connectivity index (χ0) is 9.97. The Hall–Kier alpha value is -0.350. The van der Waals surface area contributed by atoms with Gasteiger partial charge in [-0.1, -0.05) is 12.8 Å². The second-order valence-electron chi connectivity index (χ2n) is 3.59. The molecular weight excluding hydrogens is 262 g/mol. The van der Waals surface area contributed by atoms with E-state index in [9.17, 15) is 4.79 Å². The predicted octanol–water partition coefficient (Wildman–Crippen LogP) is 3.04. The Morgan fingerprint density at radius 2 is 2.43 bits per heavy atom. The van der Waals surface area contributed by atoms with Crippen LogP contribution in [0.15, 0.2) is 15.9 Å². The van der Waals surface area contributed by atoms with E-state index in [-0.39, 0.29) is 5.91 Å². The number of nitrogens with one attached hydrogen (secondary N) is 1. The molecule has 0 unspecified atom stereocenters. The number of carbonyl (C=O) groups is 1. The Kier molecular flexibility index (Phi) is 3.23. The third-order valence-electron chi connectivity index (χ3n) is 2.36. The molecule has 0 aromatic carbocycles. The molecule has 1 saturated carbocycles. The molecule has 0 aliphatic heterocycles. The smallest absolute Gasteiger partial charge is 0.262 e. The Balaban J connectivity index is 1.79. The van der Waals surface area contributed by atoms with Crippen molar-refractivity contribution in [1.29, 1.82) is 0 Å². The number of rotatable bonds is 4. The molecule has 0 saturated heterocycles. The number of hydrogen-bond acceptors (Lipinski definition) is 2. The first-order valence-corrected chi connectivity index (χ1v) is 6.46. The van der Waals surface area contributed by atoms with Gasteiger partial charge in [-0.3, -0.25) is 4.79 Å². The number of halogens is 1. The summed E-state index contributed by atoms with van der Waals surface area (Å²) >= 11 is 4.82. The van der Waals surface area contributed by atoms with Crippen LogP contribution in [0.2, 0.25) is 0 Å². The Bertz CT molecular complexity index is 333. The molecule has 0 spiro atoms. The summed E-state index contributed by atoms with van der Waals surface area (Å²) in [6, 6.07) is 1.90. The van der Waals surface area contributed by atoms with Crippen molar-refractivity contribution in [3.05, 3.63) is 20.8 Å². The summed E-state index contributed by atoms with van der Waals surface area (Å²) in [6.07, 6.45) is 3.83. The molecule has 2 rings (SSSR count). The lowest BCUT2D eigenvalue weighted by atomic mass is 10.3. The van der Waals surface area contributed by atoms with Crippen molar-refractivity contribution < 1.29 is 4.79 Å². The van der Waals surface area contributed by atoms with Crippen molar-refractivity contribution in [2.75, 3.05) is 6.54 Å². The zero-order valence-electron chi connectivity index (χ0n) is 7.75.